The molecule has 0 aliphatic carbocycles. The maximum Gasteiger partial charge on any atom is 0.255 e. The van der Waals surface area contributed by atoms with E-state index in [-0.39, 0.29) is 5.69 Å². The molecule has 0 spiro atoms. The molecule has 1 aromatic rings. The van der Waals surface area contributed by atoms with E-state index in [4.69, 9.17) is 6.42 Å². The zero-order chi connectivity index (χ0) is 8.27. The van der Waals surface area contributed by atoms with Crippen LogP contribution >= 0.6 is 0 Å². The number of aromatic nitrogens is 2. The third kappa shape index (κ3) is 1.62. The van der Waals surface area contributed by atoms with Crippen molar-refractivity contribution in [2.45, 2.75) is 6.92 Å². The predicted molar refractivity (Wildman–Crippen MR) is 39.9 cm³/mol. The molecule has 3 heteroatoms. The Bertz CT molecular complexity index is 308. The van der Waals surface area contributed by atoms with Crippen LogP contribution < -0.4 is 0 Å². The van der Waals surface area contributed by atoms with Gasteiger partial charge in [-0.3, -0.25) is 9.78 Å². The molecule has 0 fully saturated rings. The Morgan fingerprint density at radius 2 is 2.27 bits per heavy atom. The molecule has 1 heterocycles. The first kappa shape index (κ1) is 7.42. The Labute approximate surface area is 64.5 Å². The number of hydrogen-bond acceptors (Lipinski definition) is 3. The standard InChI is InChI=1S/C8H6N2O/c1-3-8(11)7-5-9-6(2)4-10-7/h1,4-5H,2H3. The largest absolute Gasteiger partial charge is 0.277 e. The lowest BCUT2D eigenvalue weighted by atomic mass is 10.3. The number of terminal acetylenes is 1. The van der Waals surface area contributed by atoms with Crippen LogP contribution in [-0.2, 0) is 0 Å². The summed E-state index contributed by atoms with van der Waals surface area (Å²) in [7, 11) is 0. The van der Waals surface area contributed by atoms with Crippen molar-refractivity contribution in [2.75, 3.05) is 0 Å². The van der Waals surface area contributed by atoms with Crippen molar-refractivity contribution < 1.29 is 4.79 Å². The average Bonchev–Trinajstić information content (AvgIpc) is 2.05. The minimum Gasteiger partial charge on any atom is -0.277 e. The van der Waals surface area contributed by atoms with Crippen LogP contribution in [-0.4, -0.2) is 15.8 Å². The van der Waals surface area contributed by atoms with Crippen molar-refractivity contribution in [1.29, 1.82) is 0 Å². The molecule has 0 saturated heterocycles. The molecule has 3 nitrogen and oxygen atoms in total. The summed E-state index contributed by atoms with van der Waals surface area (Å²) in [4.78, 5) is 18.4. The van der Waals surface area contributed by atoms with Gasteiger partial charge in [0.15, 0.2) is 0 Å². The smallest absolute Gasteiger partial charge is 0.255 e. The molecular formula is C8H6N2O. The Balaban J connectivity index is 3.01. The van der Waals surface area contributed by atoms with Gasteiger partial charge in [-0.05, 0) is 12.8 Å². The first-order valence-electron chi connectivity index (χ1n) is 3.03. The topological polar surface area (TPSA) is 42.9 Å². The van der Waals surface area contributed by atoms with E-state index in [1.165, 1.54) is 12.4 Å². The van der Waals surface area contributed by atoms with Gasteiger partial charge in [0.05, 0.1) is 11.9 Å². The number of aryl methyl sites for hydroxylation is 1. The summed E-state index contributed by atoms with van der Waals surface area (Å²) in [5.74, 6) is 1.53. The van der Waals surface area contributed by atoms with Crippen LogP contribution in [0.2, 0.25) is 0 Å². The number of Topliss-reactive ketones (excluding diaryl/α,β-unsaturated/α-hetero) is 1. The van der Waals surface area contributed by atoms with Crippen molar-refractivity contribution in [3.63, 3.8) is 0 Å². The summed E-state index contributed by atoms with van der Waals surface area (Å²) in [6.45, 7) is 1.79. The van der Waals surface area contributed by atoms with Gasteiger partial charge in [0.25, 0.3) is 5.78 Å². The number of nitrogens with zero attached hydrogens (tertiary/aromatic N) is 2. The number of carbonyl (C=O) groups is 1. The van der Waals surface area contributed by atoms with Crippen molar-refractivity contribution in [2.24, 2.45) is 0 Å². The van der Waals surface area contributed by atoms with Crippen LogP contribution in [0.5, 0.6) is 0 Å². The van der Waals surface area contributed by atoms with Gasteiger partial charge < -0.3 is 0 Å². The molecule has 0 saturated carbocycles. The van der Waals surface area contributed by atoms with Crippen molar-refractivity contribution in [1.82, 2.24) is 9.97 Å². The first-order chi connectivity index (χ1) is 5.24. The van der Waals surface area contributed by atoms with Crippen molar-refractivity contribution in [3.8, 4) is 12.3 Å². The third-order valence-corrected chi connectivity index (χ3v) is 1.14. The third-order valence-electron chi connectivity index (χ3n) is 1.14. The monoisotopic (exact) mass is 146 g/mol. The zero-order valence-electron chi connectivity index (χ0n) is 6.03. The molecule has 0 aliphatic heterocycles. The van der Waals surface area contributed by atoms with Crippen molar-refractivity contribution in [3.05, 3.63) is 23.8 Å². The van der Waals surface area contributed by atoms with Crippen LogP contribution in [0.4, 0.5) is 0 Å². The molecule has 1 aromatic heterocycles. The summed E-state index contributed by atoms with van der Waals surface area (Å²) >= 11 is 0. The van der Waals surface area contributed by atoms with Crippen LogP contribution in [0.15, 0.2) is 12.4 Å². The van der Waals surface area contributed by atoms with Gasteiger partial charge in [-0.15, -0.1) is 6.42 Å². The second-order valence-electron chi connectivity index (χ2n) is 2.02. The highest BCUT2D eigenvalue weighted by atomic mass is 16.1. The Kier molecular flexibility index (Phi) is 1.98. The molecule has 0 aliphatic rings. The number of hydrogen-bond donors (Lipinski definition) is 0. The van der Waals surface area contributed by atoms with Gasteiger partial charge in [-0.25, -0.2) is 4.98 Å². The van der Waals surface area contributed by atoms with E-state index >= 15 is 0 Å². The molecule has 0 unspecified atom stereocenters. The van der Waals surface area contributed by atoms with Gasteiger partial charge in [-0.2, -0.15) is 0 Å². The normalized spacial score (nSPS) is 8.73. The second-order valence-corrected chi connectivity index (χ2v) is 2.02. The lowest BCUT2D eigenvalue weighted by Crippen LogP contribution is -1.99. The van der Waals surface area contributed by atoms with E-state index in [9.17, 15) is 4.79 Å². The average molecular weight is 146 g/mol. The minimum absolute atomic E-state index is 0.220. The van der Waals surface area contributed by atoms with Gasteiger partial charge in [0, 0.05) is 6.20 Å². The molecule has 0 N–H and O–H groups in total. The fourth-order valence-electron chi connectivity index (χ4n) is 0.584. The highest BCUT2D eigenvalue weighted by Gasteiger charge is 2.01. The van der Waals surface area contributed by atoms with Crippen LogP contribution in [0.3, 0.4) is 0 Å². The summed E-state index contributed by atoms with van der Waals surface area (Å²) in [5.41, 5.74) is 0.983. The quantitative estimate of drug-likeness (QED) is 0.331. The van der Waals surface area contributed by atoms with Gasteiger partial charge in [0.1, 0.15) is 5.69 Å². The van der Waals surface area contributed by atoms with E-state index in [1.54, 1.807) is 6.92 Å². The van der Waals surface area contributed by atoms with E-state index < -0.39 is 5.78 Å². The Morgan fingerprint density at radius 1 is 1.55 bits per heavy atom. The molecule has 0 aromatic carbocycles. The molecule has 54 valence electrons. The van der Waals surface area contributed by atoms with Crippen LogP contribution in [0, 0.1) is 19.3 Å². The van der Waals surface area contributed by atoms with E-state index in [2.05, 4.69) is 9.97 Å². The SMILES string of the molecule is C#CC(=O)c1cnc(C)cn1. The molecule has 0 atom stereocenters. The number of rotatable bonds is 1. The number of carbonyl (C=O) groups excluding carboxylic acids is 1. The summed E-state index contributed by atoms with van der Waals surface area (Å²) in [5, 5.41) is 0. The van der Waals surface area contributed by atoms with Crippen LogP contribution in [0.1, 0.15) is 16.2 Å². The highest BCUT2D eigenvalue weighted by Crippen LogP contribution is 1.93. The Morgan fingerprint density at radius 3 is 2.73 bits per heavy atom. The molecular weight excluding hydrogens is 140 g/mol. The molecule has 0 bridgehead atoms. The summed E-state index contributed by atoms with van der Waals surface area (Å²) in [6, 6.07) is 0. The van der Waals surface area contributed by atoms with Gasteiger partial charge in [0.2, 0.25) is 0 Å². The molecule has 0 radical (unpaired) electrons. The van der Waals surface area contributed by atoms with E-state index in [1.807, 2.05) is 5.92 Å². The Hall–Kier alpha value is -1.69. The molecule has 11 heavy (non-hydrogen) atoms. The predicted octanol–water partition coefficient (Wildman–Crippen LogP) is 0.601. The fourth-order valence-corrected chi connectivity index (χ4v) is 0.584. The van der Waals surface area contributed by atoms with Crippen molar-refractivity contribution >= 4 is 5.78 Å². The molecule has 0 amide bonds. The second kappa shape index (κ2) is 2.93. The maximum absolute atomic E-state index is 10.8. The van der Waals surface area contributed by atoms with E-state index in [0.29, 0.717) is 0 Å². The van der Waals surface area contributed by atoms with Crippen LogP contribution in [0.25, 0.3) is 0 Å². The van der Waals surface area contributed by atoms with E-state index in [0.717, 1.165) is 5.69 Å². The van der Waals surface area contributed by atoms with Gasteiger partial charge in [-0.1, -0.05) is 0 Å². The minimum atomic E-state index is -0.433. The number of ketones is 1. The van der Waals surface area contributed by atoms with Gasteiger partial charge >= 0.3 is 0 Å². The summed E-state index contributed by atoms with van der Waals surface area (Å²) < 4.78 is 0. The lowest BCUT2D eigenvalue weighted by molar-refractivity contribution is 0.105. The maximum atomic E-state index is 10.8. The fraction of sp³-hybridized carbons (Fsp3) is 0.125. The molecule has 1 rings (SSSR count). The first-order valence-corrected chi connectivity index (χ1v) is 3.03. The summed E-state index contributed by atoms with van der Waals surface area (Å²) in [6.07, 6.45) is 7.75. The zero-order valence-corrected chi connectivity index (χ0v) is 6.03. The lowest BCUT2D eigenvalue weighted by Gasteiger charge is -1.91. The highest BCUT2D eigenvalue weighted by molar-refractivity contribution is 6.06.